The number of carbonyl (C=O) groups excluding carboxylic acids is 2. The van der Waals surface area contributed by atoms with Gasteiger partial charge < -0.3 is 13.9 Å². The minimum absolute atomic E-state index is 0.177. The van der Waals surface area contributed by atoms with Gasteiger partial charge in [-0.3, -0.25) is 4.79 Å². The number of furan rings is 1. The molecule has 1 aromatic heterocycles. The van der Waals surface area contributed by atoms with Gasteiger partial charge in [0.1, 0.15) is 11.3 Å². The molecule has 4 aromatic rings. The summed E-state index contributed by atoms with van der Waals surface area (Å²) in [4.78, 5) is 23.6. The maximum atomic E-state index is 12.4. The number of hydrazone groups is 1. The summed E-state index contributed by atoms with van der Waals surface area (Å²) in [6.45, 7) is -0.189. The van der Waals surface area contributed by atoms with Crippen LogP contribution in [0.4, 0.5) is 0 Å². The van der Waals surface area contributed by atoms with Crippen LogP contribution in [0.3, 0.4) is 0 Å². The summed E-state index contributed by atoms with van der Waals surface area (Å²) >= 11 is 3.37. The fraction of sp³-hybridized carbons (Fsp3) is 0.0870. The highest BCUT2D eigenvalue weighted by Crippen LogP contribution is 2.28. The lowest BCUT2D eigenvalue weighted by molar-refractivity contribution is -0.142. The average Bonchev–Trinajstić information content (AvgIpc) is 3.23. The lowest BCUT2D eigenvalue weighted by atomic mass is 10.1. The second kappa shape index (κ2) is 9.01. The summed E-state index contributed by atoms with van der Waals surface area (Å²) in [5.74, 6) is -0.259. The Morgan fingerprint density at radius 1 is 1.10 bits per heavy atom. The predicted octanol–water partition coefficient (Wildman–Crippen LogP) is 4.66. The van der Waals surface area contributed by atoms with Gasteiger partial charge in [0.25, 0.3) is 0 Å². The van der Waals surface area contributed by atoms with Crippen LogP contribution in [-0.4, -0.2) is 31.8 Å². The number of benzene rings is 3. The molecule has 0 bridgehead atoms. The van der Waals surface area contributed by atoms with E-state index >= 15 is 0 Å². The molecule has 0 spiro atoms. The minimum Gasteiger partial charge on any atom is -0.481 e. The molecule has 0 saturated carbocycles. The molecule has 0 aliphatic carbocycles. The van der Waals surface area contributed by atoms with Crippen molar-refractivity contribution in [3.05, 3.63) is 76.5 Å². The van der Waals surface area contributed by atoms with Crippen LogP contribution in [0.5, 0.6) is 5.75 Å². The molecule has 3 aromatic carbocycles. The fourth-order valence-electron chi connectivity index (χ4n) is 3.03. The Balaban J connectivity index is 1.44. The number of fused-ring (bicyclic) bond motifs is 3. The maximum absolute atomic E-state index is 12.4. The smallest absolute Gasteiger partial charge is 0.343 e. The third-order valence-corrected chi connectivity index (χ3v) is 5.18. The summed E-state index contributed by atoms with van der Waals surface area (Å²) in [5, 5.41) is 6.96. The molecule has 0 saturated heterocycles. The van der Waals surface area contributed by atoms with Gasteiger partial charge in [-0.2, -0.15) is 5.10 Å². The monoisotopic (exact) mass is 480 g/mol. The number of halogens is 1. The molecule has 1 amide bonds. The molecule has 156 valence electrons. The molecular weight excluding hydrogens is 464 g/mol. The molecule has 7 nitrogen and oxygen atoms in total. The number of hydrogen-bond acceptors (Lipinski definition) is 6. The van der Waals surface area contributed by atoms with Gasteiger partial charge in [0.15, 0.2) is 12.4 Å². The number of methoxy groups -OCH3 is 1. The van der Waals surface area contributed by atoms with Gasteiger partial charge in [-0.25, -0.2) is 10.2 Å². The van der Waals surface area contributed by atoms with Gasteiger partial charge in [0, 0.05) is 5.39 Å². The van der Waals surface area contributed by atoms with E-state index < -0.39 is 11.9 Å². The number of hydrogen-bond donors (Lipinski definition) is 1. The summed E-state index contributed by atoms with van der Waals surface area (Å²) in [7, 11) is 1.29. The topological polar surface area (TPSA) is 90.1 Å². The van der Waals surface area contributed by atoms with Crippen molar-refractivity contribution in [1.82, 2.24) is 5.43 Å². The summed E-state index contributed by atoms with van der Waals surface area (Å²) in [6.07, 6.45) is 1.49. The van der Waals surface area contributed by atoms with Crippen molar-refractivity contribution in [2.75, 3.05) is 13.7 Å². The van der Waals surface area contributed by atoms with Crippen molar-refractivity contribution < 1.29 is 23.5 Å². The molecule has 1 heterocycles. The van der Waals surface area contributed by atoms with Gasteiger partial charge in [0.05, 0.1) is 17.8 Å². The van der Waals surface area contributed by atoms with Crippen LogP contribution < -0.4 is 10.2 Å². The third kappa shape index (κ3) is 4.59. The van der Waals surface area contributed by atoms with Crippen LogP contribution in [0.1, 0.15) is 16.1 Å². The van der Waals surface area contributed by atoms with Crippen molar-refractivity contribution in [2.45, 2.75) is 0 Å². The van der Waals surface area contributed by atoms with Crippen LogP contribution in [0.15, 0.2) is 74.7 Å². The lowest BCUT2D eigenvalue weighted by Gasteiger charge is -2.07. The van der Waals surface area contributed by atoms with Gasteiger partial charge in [-0.15, -0.1) is 0 Å². The van der Waals surface area contributed by atoms with Gasteiger partial charge in [0.2, 0.25) is 0 Å². The Labute approximate surface area is 185 Å². The van der Waals surface area contributed by atoms with E-state index in [2.05, 4.69) is 31.2 Å². The number of nitrogens with zero attached hydrogens (tertiary/aromatic N) is 1. The van der Waals surface area contributed by atoms with E-state index in [0.717, 1.165) is 16.2 Å². The third-order valence-electron chi connectivity index (χ3n) is 4.56. The first kappa shape index (κ1) is 20.6. The number of amides is 1. The minimum atomic E-state index is -0.473. The van der Waals surface area contributed by atoms with E-state index in [4.69, 9.17) is 9.15 Å². The zero-order valence-electron chi connectivity index (χ0n) is 16.4. The van der Waals surface area contributed by atoms with E-state index in [1.54, 1.807) is 24.3 Å². The zero-order valence-corrected chi connectivity index (χ0v) is 18.0. The Hall–Kier alpha value is -3.65. The first-order valence-corrected chi connectivity index (χ1v) is 10.1. The lowest BCUT2D eigenvalue weighted by Crippen LogP contribution is -2.16. The Bertz CT molecular complexity index is 1310. The summed E-state index contributed by atoms with van der Waals surface area (Å²) in [5.41, 5.74) is 3.82. The molecule has 0 aliphatic heterocycles. The van der Waals surface area contributed by atoms with E-state index in [1.165, 1.54) is 13.3 Å². The zero-order chi connectivity index (χ0) is 21.8. The van der Waals surface area contributed by atoms with Crippen molar-refractivity contribution in [3.8, 4) is 5.75 Å². The summed E-state index contributed by atoms with van der Waals surface area (Å²) in [6, 6.07) is 18.6. The largest absolute Gasteiger partial charge is 0.481 e. The quantitative estimate of drug-likeness (QED) is 0.246. The van der Waals surface area contributed by atoms with Crippen LogP contribution in [-0.2, 0) is 9.53 Å². The van der Waals surface area contributed by atoms with E-state index in [0.29, 0.717) is 21.4 Å². The molecule has 0 fully saturated rings. The number of esters is 1. The van der Waals surface area contributed by atoms with Gasteiger partial charge >= 0.3 is 11.9 Å². The van der Waals surface area contributed by atoms with Crippen molar-refractivity contribution in [1.29, 1.82) is 0 Å². The number of rotatable bonds is 6. The molecule has 0 atom stereocenters. The van der Waals surface area contributed by atoms with E-state index in [-0.39, 0.29) is 12.4 Å². The Morgan fingerprint density at radius 2 is 1.94 bits per heavy atom. The molecule has 0 radical (unpaired) electrons. The molecule has 4 rings (SSSR count). The molecule has 0 aliphatic rings. The molecule has 8 heteroatoms. The standard InChI is InChI=1S/C23H17BrN2O5/c1-29-22(27)13-30-20-8-6-14(10-18(20)24)12-25-26-23(28)21-11-17-16-5-3-2-4-15(16)7-9-19(17)31-21/h2-12H,13H2,1H3,(H,26,28). The number of nitrogens with one attached hydrogen (secondary N) is 1. The number of ether oxygens (including phenoxy) is 2. The van der Waals surface area contributed by atoms with Gasteiger partial charge in [-0.05, 0) is 62.6 Å². The number of carbonyl (C=O) groups is 2. The normalized spacial score (nSPS) is 11.2. The maximum Gasteiger partial charge on any atom is 0.343 e. The van der Waals surface area contributed by atoms with Gasteiger partial charge in [-0.1, -0.05) is 30.3 Å². The molecule has 1 N–H and O–H groups in total. The van der Waals surface area contributed by atoms with Crippen molar-refractivity contribution >= 4 is 55.8 Å². The SMILES string of the molecule is COC(=O)COc1ccc(C=NNC(=O)c2cc3c(ccc4ccccc43)o2)cc1Br. The summed E-state index contributed by atoms with van der Waals surface area (Å²) < 4.78 is 16.2. The highest BCUT2D eigenvalue weighted by atomic mass is 79.9. The molecular formula is C23H17BrN2O5. The highest BCUT2D eigenvalue weighted by Gasteiger charge is 2.13. The Morgan fingerprint density at radius 3 is 2.74 bits per heavy atom. The van der Waals surface area contributed by atoms with E-state index in [1.807, 2.05) is 36.4 Å². The average molecular weight is 481 g/mol. The fourth-order valence-corrected chi connectivity index (χ4v) is 3.55. The first-order valence-electron chi connectivity index (χ1n) is 9.29. The van der Waals surface area contributed by atoms with Crippen LogP contribution in [0.2, 0.25) is 0 Å². The predicted molar refractivity (Wildman–Crippen MR) is 120 cm³/mol. The van der Waals surface area contributed by atoms with Crippen molar-refractivity contribution in [2.24, 2.45) is 5.10 Å². The van der Waals surface area contributed by atoms with E-state index in [9.17, 15) is 9.59 Å². The van der Waals surface area contributed by atoms with Crippen LogP contribution in [0, 0.1) is 0 Å². The van der Waals surface area contributed by atoms with Crippen LogP contribution in [0.25, 0.3) is 21.7 Å². The first-order chi connectivity index (χ1) is 15.0. The second-order valence-corrected chi connectivity index (χ2v) is 7.42. The van der Waals surface area contributed by atoms with Crippen molar-refractivity contribution in [3.63, 3.8) is 0 Å². The van der Waals surface area contributed by atoms with Crippen LogP contribution >= 0.6 is 15.9 Å². The molecule has 31 heavy (non-hydrogen) atoms. The highest BCUT2D eigenvalue weighted by molar-refractivity contribution is 9.10. The second-order valence-electron chi connectivity index (χ2n) is 6.56. The Kier molecular flexibility index (Phi) is 5.99. The molecule has 0 unspecified atom stereocenters.